The normalized spacial score (nSPS) is 10.3. The van der Waals surface area contributed by atoms with Crippen LogP contribution in [-0.4, -0.2) is 18.4 Å². The number of methoxy groups -OCH3 is 1. The zero-order valence-corrected chi connectivity index (χ0v) is 11.8. The SMILES string of the molecule is COc1ccc(-c2nc(C=O)sc2C)cc1Br. The molecule has 0 radical (unpaired) electrons. The molecule has 0 aliphatic carbocycles. The number of ether oxygens (including phenoxy) is 1. The van der Waals surface area contributed by atoms with E-state index >= 15 is 0 Å². The van der Waals surface area contributed by atoms with Crippen molar-refractivity contribution >= 4 is 33.6 Å². The van der Waals surface area contributed by atoms with Crippen LogP contribution in [0.4, 0.5) is 0 Å². The molecule has 0 aliphatic rings. The predicted octanol–water partition coefficient (Wildman–Crippen LogP) is 3.70. The van der Waals surface area contributed by atoms with E-state index in [-0.39, 0.29) is 0 Å². The Kier molecular flexibility index (Phi) is 3.59. The van der Waals surface area contributed by atoms with Crippen molar-refractivity contribution in [1.82, 2.24) is 4.98 Å². The van der Waals surface area contributed by atoms with Gasteiger partial charge in [0.05, 0.1) is 17.3 Å². The van der Waals surface area contributed by atoms with Crippen molar-refractivity contribution in [3.63, 3.8) is 0 Å². The highest BCUT2D eigenvalue weighted by Crippen LogP contribution is 2.33. The molecule has 5 heteroatoms. The molecule has 0 bridgehead atoms. The van der Waals surface area contributed by atoms with Crippen molar-refractivity contribution in [2.45, 2.75) is 6.92 Å². The second-order valence-electron chi connectivity index (χ2n) is 3.42. The molecule has 0 fully saturated rings. The number of carbonyl (C=O) groups is 1. The molecular formula is C12H10BrNO2S. The Hall–Kier alpha value is -1.20. The summed E-state index contributed by atoms with van der Waals surface area (Å²) in [4.78, 5) is 16.0. The third-order valence-corrected chi connectivity index (χ3v) is 3.86. The van der Waals surface area contributed by atoms with Gasteiger partial charge in [-0.05, 0) is 41.1 Å². The molecule has 0 saturated carbocycles. The monoisotopic (exact) mass is 311 g/mol. The Morgan fingerprint density at radius 2 is 2.24 bits per heavy atom. The number of hydrogen-bond acceptors (Lipinski definition) is 4. The minimum Gasteiger partial charge on any atom is -0.496 e. The average molecular weight is 312 g/mol. The fourth-order valence-electron chi connectivity index (χ4n) is 1.55. The van der Waals surface area contributed by atoms with Gasteiger partial charge in [-0.3, -0.25) is 4.79 Å². The molecule has 0 N–H and O–H groups in total. The first-order valence-electron chi connectivity index (χ1n) is 4.92. The van der Waals surface area contributed by atoms with Crippen LogP contribution >= 0.6 is 27.3 Å². The summed E-state index contributed by atoms with van der Waals surface area (Å²) < 4.78 is 6.04. The van der Waals surface area contributed by atoms with E-state index in [4.69, 9.17) is 4.74 Å². The van der Waals surface area contributed by atoms with Crippen LogP contribution in [0, 0.1) is 6.92 Å². The number of benzene rings is 1. The quantitative estimate of drug-likeness (QED) is 0.811. The highest BCUT2D eigenvalue weighted by atomic mass is 79.9. The molecule has 2 rings (SSSR count). The molecule has 3 nitrogen and oxygen atoms in total. The van der Waals surface area contributed by atoms with Gasteiger partial charge >= 0.3 is 0 Å². The number of hydrogen-bond donors (Lipinski definition) is 0. The van der Waals surface area contributed by atoms with Crippen molar-refractivity contribution in [3.8, 4) is 17.0 Å². The first-order chi connectivity index (χ1) is 8.15. The molecule has 0 aliphatic heterocycles. The van der Waals surface area contributed by atoms with Gasteiger partial charge in [0.15, 0.2) is 11.3 Å². The van der Waals surface area contributed by atoms with E-state index in [0.29, 0.717) is 5.01 Å². The molecule has 0 amide bonds. The van der Waals surface area contributed by atoms with Crippen molar-refractivity contribution in [2.24, 2.45) is 0 Å². The molecule has 1 heterocycles. The van der Waals surface area contributed by atoms with Crippen molar-refractivity contribution in [2.75, 3.05) is 7.11 Å². The van der Waals surface area contributed by atoms with Crippen LogP contribution in [0.15, 0.2) is 22.7 Å². The zero-order chi connectivity index (χ0) is 12.4. The van der Waals surface area contributed by atoms with Gasteiger partial charge in [-0.15, -0.1) is 11.3 Å². The maximum absolute atomic E-state index is 10.7. The molecule has 0 saturated heterocycles. The molecule has 1 aromatic carbocycles. The number of aromatic nitrogens is 1. The van der Waals surface area contributed by atoms with E-state index in [1.807, 2.05) is 25.1 Å². The molecule has 0 unspecified atom stereocenters. The molecule has 17 heavy (non-hydrogen) atoms. The first kappa shape index (κ1) is 12.3. The smallest absolute Gasteiger partial charge is 0.178 e. The first-order valence-corrected chi connectivity index (χ1v) is 6.53. The van der Waals surface area contributed by atoms with Gasteiger partial charge in [-0.1, -0.05) is 0 Å². The summed E-state index contributed by atoms with van der Waals surface area (Å²) in [6.07, 6.45) is 0.778. The summed E-state index contributed by atoms with van der Waals surface area (Å²) >= 11 is 4.83. The Morgan fingerprint density at radius 3 is 2.76 bits per heavy atom. The predicted molar refractivity (Wildman–Crippen MR) is 71.9 cm³/mol. The van der Waals surface area contributed by atoms with Gasteiger partial charge in [-0.2, -0.15) is 0 Å². The number of halogens is 1. The number of nitrogens with zero attached hydrogens (tertiary/aromatic N) is 1. The highest BCUT2D eigenvalue weighted by molar-refractivity contribution is 9.10. The fraction of sp³-hybridized carbons (Fsp3) is 0.167. The number of carbonyl (C=O) groups excluding carboxylic acids is 1. The second-order valence-corrected chi connectivity index (χ2v) is 5.51. The van der Waals surface area contributed by atoms with Gasteiger partial charge in [0.2, 0.25) is 0 Å². The van der Waals surface area contributed by atoms with Crippen LogP contribution in [0.5, 0.6) is 5.75 Å². The summed E-state index contributed by atoms with van der Waals surface area (Å²) in [6.45, 7) is 1.96. The highest BCUT2D eigenvalue weighted by Gasteiger charge is 2.11. The van der Waals surface area contributed by atoms with Crippen LogP contribution in [0.1, 0.15) is 14.7 Å². The Balaban J connectivity index is 2.49. The number of aldehydes is 1. The van der Waals surface area contributed by atoms with Crippen molar-refractivity contribution in [1.29, 1.82) is 0 Å². The molecule has 88 valence electrons. The minimum atomic E-state index is 0.504. The third-order valence-electron chi connectivity index (χ3n) is 2.34. The molecular weight excluding hydrogens is 302 g/mol. The topological polar surface area (TPSA) is 39.2 Å². The third kappa shape index (κ3) is 2.40. The lowest BCUT2D eigenvalue weighted by atomic mass is 10.1. The van der Waals surface area contributed by atoms with Crippen LogP contribution in [0.25, 0.3) is 11.3 Å². The van der Waals surface area contributed by atoms with Crippen LogP contribution in [0.3, 0.4) is 0 Å². The van der Waals surface area contributed by atoms with Gasteiger partial charge in [0.25, 0.3) is 0 Å². The van der Waals surface area contributed by atoms with E-state index in [1.54, 1.807) is 7.11 Å². The standard InChI is InChI=1S/C12H10BrNO2S/c1-7-12(14-11(6-15)17-7)8-3-4-10(16-2)9(13)5-8/h3-6H,1-2H3. The van der Waals surface area contributed by atoms with E-state index in [0.717, 1.165) is 32.6 Å². The number of rotatable bonds is 3. The van der Waals surface area contributed by atoms with Gasteiger partial charge in [0.1, 0.15) is 5.75 Å². The summed E-state index contributed by atoms with van der Waals surface area (Å²) in [5.74, 6) is 0.775. The molecule has 0 spiro atoms. The number of thiazole rings is 1. The van der Waals surface area contributed by atoms with Gasteiger partial charge in [-0.25, -0.2) is 4.98 Å². The molecule has 1 aromatic heterocycles. The van der Waals surface area contributed by atoms with Gasteiger partial charge < -0.3 is 4.74 Å². The zero-order valence-electron chi connectivity index (χ0n) is 9.36. The fourth-order valence-corrected chi connectivity index (χ4v) is 2.85. The van der Waals surface area contributed by atoms with E-state index in [2.05, 4.69) is 20.9 Å². The maximum atomic E-state index is 10.7. The summed E-state index contributed by atoms with van der Waals surface area (Å²) in [6, 6.07) is 5.74. The molecule has 0 atom stereocenters. The largest absolute Gasteiger partial charge is 0.496 e. The van der Waals surface area contributed by atoms with Crippen molar-refractivity contribution in [3.05, 3.63) is 32.6 Å². The van der Waals surface area contributed by atoms with E-state index < -0.39 is 0 Å². The van der Waals surface area contributed by atoms with E-state index in [1.165, 1.54) is 11.3 Å². The minimum absolute atomic E-state index is 0.504. The summed E-state index contributed by atoms with van der Waals surface area (Å²) in [7, 11) is 1.62. The van der Waals surface area contributed by atoms with Crippen LogP contribution in [0.2, 0.25) is 0 Å². The summed E-state index contributed by atoms with van der Waals surface area (Å²) in [5.41, 5.74) is 1.82. The number of aryl methyl sites for hydroxylation is 1. The van der Waals surface area contributed by atoms with Crippen LogP contribution < -0.4 is 4.74 Å². The Morgan fingerprint density at radius 1 is 1.47 bits per heavy atom. The Bertz CT molecular complexity index is 566. The van der Waals surface area contributed by atoms with Gasteiger partial charge in [0, 0.05) is 10.4 Å². The molecule has 2 aromatic rings. The van der Waals surface area contributed by atoms with Crippen molar-refractivity contribution < 1.29 is 9.53 Å². The lowest BCUT2D eigenvalue weighted by molar-refractivity contribution is 0.112. The lowest BCUT2D eigenvalue weighted by Gasteiger charge is -2.05. The Labute approximate surface area is 112 Å². The lowest BCUT2D eigenvalue weighted by Crippen LogP contribution is -1.87. The van der Waals surface area contributed by atoms with Crippen LogP contribution in [-0.2, 0) is 0 Å². The maximum Gasteiger partial charge on any atom is 0.178 e. The second kappa shape index (κ2) is 4.98. The van der Waals surface area contributed by atoms with E-state index in [9.17, 15) is 4.79 Å². The average Bonchev–Trinajstić information content (AvgIpc) is 2.70. The summed E-state index contributed by atoms with van der Waals surface area (Å²) in [5, 5.41) is 0.504.